The molecule has 0 unspecified atom stereocenters. The molecule has 1 aromatic heterocycles. The minimum atomic E-state index is 0.111. The van der Waals surface area contributed by atoms with E-state index < -0.39 is 0 Å². The molecule has 0 atom stereocenters. The third-order valence-corrected chi connectivity index (χ3v) is 6.09. The molecule has 0 radical (unpaired) electrons. The van der Waals surface area contributed by atoms with Crippen molar-refractivity contribution < 1.29 is 4.79 Å². The Kier molecular flexibility index (Phi) is 5.58. The lowest BCUT2D eigenvalue weighted by molar-refractivity contribution is 0.0679. The van der Waals surface area contributed by atoms with Crippen LogP contribution in [0.3, 0.4) is 0 Å². The van der Waals surface area contributed by atoms with Gasteiger partial charge in [-0.25, -0.2) is 0 Å². The maximum Gasteiger partial charge on any atom is 0.272 e. The van der Waals surface area contributed by atoms with E-state index in [4.69, 9.17) is 0 Å². The van der Waals surface area contributed by atoms with Gasteiger partial charge in [0.05, 0.1) is 0 Å². The van der Waals surface area contributed by atoms with Gasteiger partial charge in [0.2, 0.25) is 0 Å². The largest absolute Gasteiger partial charge is 0.337 e. The number of hydrogen-bond acceptors (Lipinski definition) is 3. The zero-order valence-electron chi connectivity index (χ0n) is 16.3. The van der Waals surface area contributed by atoms with Crippen molar-refractivity contribution >= 4 is 5.91 Å². The molecule has 0 N–H and O–H groups in total. The number of hydrogen-bond donors (Lipinski definition) is 0. The van der Waals surface area contributed by atoms with Crippen LogP contribution in [0.2, 0.25) is 0 Å². The van der Waals surface area contributed by atoms with Crippen LogP contribution >= 0.6 is 0 Å². The first kappa shape index (κ1) is 18.2. The van der Waals surface area contributed by atoms with Gasteiger partial charge in [-0.05, 0) is 68.3 Å². The van der Waals surface area contributed by atoms with Gasteiger partial charge in [0.1, 0.15) is 5.69 Å². The molecule has 2 saturated heterocycles. The van der Waals surface area contributed by atoms with Gasteiger partial charge in [-0.1, -0.05) is 24.3 Å². The zero-order valence-corrected chi connectivity index (χ0v) is 16.3. The molecule has 0 saturated carbocycles. The number of piperidine rings is 1. The lowest BCUT2D eigenvalue weighted by Crippen LogP contribution is -2.39. The molecule has 1 aromatic carbocycles. The van der Waals surface area contributed by atoms with Crippen LogP contribution in [0.1, 0.15) is 47.3 Å². The molecule has 0 bridgehead atoms. The third-order valence-electron chi connectivity index (χ3n) is 6.09. The van der Waals surface area contributed by atoms with Crippen molar-refractivity contribution in [2.75, 3.05) is 26.2 Å². The Morgan fingerprint density at radius 1 is 1.00 bits per heavy atom. The first-order valence-corrected chi connectivity index (χ1v) is 10.3. The number of carbonyl (C=O) groups is 1. The van der Waals surface area contributed by atoms with Crippen molar-refractivity contribution in [1.82, 2.24) is 19.6 Å². The second kappa shape index (κ2) is 8.26. The Morgan fingerprint density at radius 2 is 1.67 bits per heavy atom. The molecule has 4 rings (SSSR count). The molecule has 0 aliphatic carbocycles. The molecule has 2 aliphatic rings. The molecule has 5 heteroatoms. The van der Waals surface area contributed by atoms with Crippen molar-refractivity contribution in [3.05, 3.63) is 53.3 Å². The molecule has 2 aromatic rings. The van der Waals surface area contributed by atoms with Gasteiger partial charge < -0.3 is 4.90 Å². The number of nitrogens with zero attached hydrogens (tertiary/aromatic N) is 4. The van der Waals surface area contributed by atoms with E-state index in [-0.39, 0.29) is 5.91 Å². The normalized spacial score (nSPS) is 18.9. The van der Waals surface area contributed by atoms with E-state index >= 15 is 0 Å². The second-order valence-electron chi connectivity index (χ2n) is 8.08. The van der Waals surface area contributed by atoms with Crippen LogP contribution < -0.4 is 0 Å². The molecular formula is C22H30N4O. The Hall–Kier alpha value is -2.14. The maximum absolute atomic E-state index is 12.6. The summed E-state index contributed by atoms with van der Waals surface area (Å²) in [7, 11) is 1.83. The fraction of sp³-hybridized carbons (Fsp3) is 0.545. The standard InChI is InChI=1S/C22H30N4O/c1-24-21(8-11-23-24)22(27)26-14-9-19(10-15-26)16-18-4-6-20(7-5-18)17-25-12-2-3-13-25/h4-8,11,19H,2-3,9-10,12-17H2,1H3. The molecule has 5 nitrogen and oxygen atoms in total. The van der Waals surface area contributed by atoms with E-state index in [1.165, 1.54) is 37.1 Å². The fourth-order valence-corrected chi connectivity index (χ4v) is 4.40. The maximum atomic E-state index is 12.6. The lowest BCUT2D eigenvalue weighted by atomic mass is 9.90. The molecule has 144 valence electrons. The number of amides is 1. The second-order valence-corrected chi connectivity index (χ2v) is 8.08. The number of aryl methyl sites for hydroxylation is 1. The summed E-state index contributed by atoms with van der Waals surface area (Å²) in [6, 6.07) is 11.0. The Balaban J connectivity index is 1.26. The summed E-state index contributed by atoms with van der Waals surface area (Å²) in [4.78, 5) is 17.1. The summed E-state index contributed by atoms with van der Waals surface area (Å²) in [6.45, 7) is 5.29. The van der Waals surface area contributed by atoms with Crippen molar-refractivity contribution in [2.45, 2.75) is 38.6 Å². The zero-order chi connectivity index (χ0) is 18.6. The quantitative estimate of drug-likeness (QED) is 0.816. The summed E-state index contributed by atoms with van der Waals surface area (Å²) in [5.74, 6) is 0.782. The monoisotopic (exact) mass is 366 g/mol. The van der Waals surface area contributed by atoms with Gasteiger partial charge in [-0.3, -0.25) is 14.4 Å². The van der Waals surface area contributed by atoms with E-state index in [1.807, 2.05) is 11.9 Å². The first-order valence-electron chi connectivity index (χ1n) is 10.3. The number of rotatable bonds is 5. The minimum absolute atomic E-state index is 0.111. The highest BCUT2D eigenvalue weighted by atomic mass is 16.2. The van der Waals surface area contributed by atoms with Crippen molar-refractivity contribution in [1.29, 1.82) is 0 Å². The predicted octanol–water partition coefficient (Wildman–Crippen LogP) is 3.11. The van der Waals surface area contributed by atoms with Crippen molar-refractivity contribution in [3.63, 3.8) is 0 Å². The van der Waals surface area contributed by atoms with Crippen LogP contribution in [0.5, 0.6) is 0 Å². The van der Waals surface area contributed by atoms with Gasteiger partial charge in [-0.2, -0.15) is 5.10 Å². The van der Waals surface area contributed by atoms with Gasteiger partial charge in [0.25, 0.3) is 5.91 Å². The highest BCUT2D eigenvalue weighted by Crippen LogP contribution is 2.23. The highest BCUT2D eigenvalue weighted by molar-refractivity contribution is 5.92. The summed E-state index contributed by atoms with van der Waals surface area (Å²) >= 11 is 0. The molecule has 2 fully saturated rings. The number of benzene rings is 1. The van der Waals surface area contributed by atoms with Crippen LogP contribution in [-0.4, -0.2) is 51.7 Å². The summed E-state index contributed by atoms with van der Waals surface area (Å²) in [5.41, 5.74) is 3.54. The SMILES string of the molecule is Cn1nccc1C(=O)N1CCC(Cc2ccc(CN3CCCC3)cc2)CC1. The molecule has 0 spiro atoms. The number of carbonyl (C=O) groups excluding carboxylic acids is 1. The van der Waals surface area contributed by atoms with Gasteiger partial charge in [-0.15, -0.1) is 0 Å². The van der Waals surface area contributed by atoms with E-state index in [1.54, 1.807) is 16.9 Å². The van der Waals surface area contributed by atoms with E-state index in [2.05, 4.69) is 34.3 Å². The molecule has 1 amide bonds. The third kappa shape index (κ3) is 4.41. The number of aromatic nitrogens is 2. The van der Waals surface area contributed by atoms with Crippen molar-refractivity contribution in [3.8, 4) is 0 Å². The number of likely N-dealkylation sites (tertiary alicyclic amines) is 2. The lowest BCUT2D eigenvalue weighted by Gasteiger charge is -2.32. The topological polar surface area (TPSA) is 41.4 Å². The predicted molar refractivity (Wildman–Crippen MR) is 106 cm³/mol. The summed E-state index contributed by atoms with van der Waals surface area (Å²) in [5, 5.41) is 4.11. The highest BCUT2D eigenvalue weighted by Gasteiger charge is 2.25. The average Bonchev–Trinajstić information content (AvgIpc) is 3.35. The van der Waals surface area contributed by atoms with E-state index in [0.717, 1.165) is 38.9 Å². The van der Waals surface area contributed by atoms with Crippen molar-refractivity contribution in [2.24, 2.45) is 13.0 Å². The van der Waals surface area contributed by atoms with Crippen LogP contribution in [0.4, 0.5) is 0 Å². The van der Waals surface area contributed by atoms with E-state index in [9.17, 15) is 4.79 Å². The summed E-state index contributed by atoms with van der Waals surface area (Å²) < 4.78 is 1.66. The molecule has 3 heterocycles. The molecule has 2 aliphatic heterocycles. The van der Waals surface area contributed by atoms with Gasteiger partial charge in [0, 0.05) is 32.9 Å². The Morgan fingerprint density at radius 3 is 2.30 bits per heavy atom. The summed E-state index contributed by atoms with van der Waals surface area (Å²) in [6.07, 6.45) is 7.67. The van der Waals surface area contributed by atoms with Crippen LogP contribution in [0.25, 0.3) is 0 Å². The van der Waals surface area contributed by atoms with Crippen LogP contribution in [0, 0.1) is 5.92 Å². The molecular weight excluding hydrogens is 336 g/mol. The fourth-order valence-electron chi connectivity index (χ4n) is 4.40. The van der Waals surface area contributed by atoms with Crippen LogP contribution in [-0.2, 0) is 20.0 Å². The Bertz CT molecular complexity index is 753. The Labute approximate surface area is 162 Å². The smallest absolute Gasteiger partial charge is 0.272 e. The molecule has 27 heavy (non-hydrogen) atoms. The van der Waals surface area contributed by atoms with Crippen LogP contribution in [0.15, 0.2) is 36.5 Å². The van der Waals surface area contributed by atoms with Gasteiger partial charge in [0.15, 0.2) is 0 Å². The van der Waals surface area contributed by atoms with Gasteiger partial charge >= 0.3 is 0 Å². The average molecular weight is 367 g/mol. The first-order chi connectivity index (χ1) is 13.2. The van der Waals surface area contributed by atoms with E-state index in [0.29, 0.717) is 11.6 Å². The minimum Gasteiger partial charge on any atom is -0.337 e.